The normalized spacial score (nSPS) is 13.4. The maximum absolute atomic E-state index is 12.8. The van der Waals surface area contributed by atoms with Gasteiger partial charge in [-0.05, 0) is 33.7 Å². The molecule has 36 heavy (non-hydrogen) atoms. The van der Waals surface area contributed by atoms with E-state index in [9.17, 15) is 21.4 Å². The SMILES string of the molecule is C[Si](C)(C)c1ccc2c(-c3c(S(=O)(=O)O)ccc4cc([Si](C)(C)C)ccc34)c(S(N)(=O)=O)ccc2c1. The smallest absolute Gasteiger partial charge is 0.282 e. The molecule has 0 bridgehead atoms. The van der Waals surface area contributed by atoms with Crippen molar-refractivity contribution >= 4 is 68.2 Å². The zero-order valence-corrected chi connectivity index (χ0v) is 24.9. The molecule has 0 saturated heterocycles. The molecule has 3 N–H and O–H groups in total. The van der Waals surface area contributed by atoms with Gasteiger partial charge in [0.25, 0.3) is 10.1 Å². The molecule has 0 fully saturated rings. The molecule has 0 saturated carbocycles. The molecular formula is C26H31NO5S2Si2. The lowest BCUT2D eigenvalue weighted by molar-refractivity contribution is 0.483. The van der Waals surface area contributed by atoms with Crippen LogP contribution in [0, 0.1) is 0 Å². The van der Waals surface area contributed by atoms with Crippen molar-refractivity contribution in [3.05, 3.63) is 60.7 Å². The van der Waals surface area contributed by atoms with Crippen LogP contribution in [0.4, 0.5) is 0 Å². The van der Waals surface area contributed by atoms with Gasteiger partial charge in [0.15, 0.2) is 0 Å². The number of primary sulfonamides is 1. The number of fused-ring (bicyclic) bond motifs is 2. The van der Waals surface area contributed by atoms with Crippen molar-refractivity contribution in [2.24, 2.45) is 5.14 Å². The second kappa shape index (κ2) is 8.61. The third-order valence-electron chi connectivity index (χ3n) is 6.53. The summed E-state index contributed by atoms with van der Waals surface area (Å²) < 4.78 is 60.8. The van der Waals surface area contributed by atoms with Crippen LogP contribution in [0.5, 0.6) is 0 Å². The summed E-state index contributed by atoms with van der Waals surface area (Å²) in [5.41, 5.74) is 0.309. The van der Waals surface area contributed by atoms with Gasteiger partial charge in [0.2, 0.25) is 10.0 Å². The largest absolute Gasteiger partial charge is 0.295 e. The second-order valence-electron chi connectivity index (χ2n) is 11.3. The van der Waals surface area contributed by atoms with Crippen LogP contribution in [0.1, 0.15) is 0 Å². The van der Waals surface area contributed by atoms with Crippen LogP contribution < -0.4 is 15.5 Å². The van der Waals surface area contributed by atoms with Crippen LogP contribution in [0.3, 0.4) is 0 Å². The molecule has 10 heteroatoms. The van der Waals surface area contributed by atoms with Gasteiger partial charge in [-0.1, -0.05) is 98.2 Å². The van der Waals surface area contributed by atoms with Crippen molar-refractivity contribution < 1.29 is 21.4 Å². The highest BCUT2D eigenvalue weighted by Crippen LogP contribution is 2.42. The quantitative estimate of drug-likeness (QED) is 0.274. The number of nitrogens with two attached hydrogens (primary N) is 1. The highest BCUT2D eigenvalue weighted by Gasteiger charge is 2.28. The lowest BCUT2D eigenvalue weighted by atomic mass is 9.93. The first kappa shape index (κ1) is 26.7. The Morgan fingerprint density at radius 3 is 1.36 bits per heavy atom. The van der Waals surface area contributed by atoms with E-state index in [0.717, 1.165) is 10.8 Å². The molecule has 4 rings (SSSR count). The van der Waals surface area contributed by atoms with Gasteiger partial charge in [0.05, 0.1) is 21.0 Å². The van der Waals surface area contributed by atoms with E-state index in [-0.39, 0.29) is 20.9 Å². The van der Waals surface area contributed by atoms with Gasteiger partial charge in [-0.15, -0.1) is 0 Å². The molecule has 190 valence electrons. The molecular weight excluding hydrogens is 527 g/mol. The topological polar surface area (TPSA) is 115 Å². The summed E-state index contributed by atoms with van der Waals surface area (Å²) in [6.45, 7) is 13.3. The Hall–Kier alpha value is -2.35. The van der Waals surface area contributed by atoms with Crippen LogP contribution in [-0.2, 0) is 20.1 Å². The van der Waals surface area contributed by atoms with Gasteiger partial charge in [-0.25, -0.2) is 13.6 Å². The van der Waals surface area contributed by atoms with E-state index in [1.165, 1.54) is 22.5 Å². The first-order valence-corrected chi connectivity index (χ1v) is 21.5. The average molecular weight is 558 g/mol. The summed E-state index contributed by atoms with van der Waals surface area (Å²) in [5, 5.41) is 10.6. The molecule has 0 aromatic heterocycles. The zero-order valence-electron chi connectivity index (χ0n) is 21.2. The molecule has 0 spiro atoms. The first-order chi connectivity index (χ1) is 16.4. The van der Waals surface area contributed by atoms with Gasteiger partial charge in [0, 0.05) is 11.1 Å². The van der Waals surface area contributed by atoms with Crippen molar-refractivity contribution in [2.75, 3.05) is 0 Å². The summed E-state index contributed by atoms with van der Waals surface area (Å²) in [6.07, 6.45) is 0. The summed E-state index contributed by atoms with van der Waals surface area (Å²) in [7, 11) is -12.3. The summed E-state index contributed by atoms with van der Waals surface area (Å²) in [5.74, 6) is 0. The molecule has 0 aliphatic heterocycles. The Bertz CT molecular complexity index is 1620. The van der Waals surface area contributed by atoms with Crippen molar-refractivity contribution in [3.63, 3.8) is 0 Å². The highest BCUT2D eigenvalue weighted by atomic mass is 32.2. The maximum Gasteiger partial charge on any atom is 0.295 e. The van der Waals surface area contributed by atoms with Gasteiger partial charge < -0.3 is 0 Å². The Kier molecular flexibility index (Phi) is 6.39. The number of rotatable bonds is 5. The van der Waals surface area contributed by atoms with E-state index in [1.54, 1.807) is 12.1 Å². The summed E-state index contributed by atoms with van der Waals surface area (Å²) in [4.78, 5) is -0.551. The van der Waals surface area contributed by atoms with Crippen molar-refractivity contribution in [1.29, 1.82) is 0 Å². The predicted octanol–water partition coefficient (Wildman–Crippen LogP) is 4.64. The number of hydrogen-bond acceptors (Lipinski definition) is 4. The van der Waals surface area contributed by atoms with Crippen molar-refractivity contribution in [1.82, 2.24) is 0 Å². The molecule has 0 radical (unpaired) electrons. The molecule has 0 unspecified atom stereocenters. The molecule has 0 aliphatic carbocycles. The lowest BCUT2D eigenvalue weighted by Crippen LogP contribution is -2.37. The minimum absolute atomic E-state index is 0.132. The fourth-order valence-corrected chi connectivity index (χ4v) is 8.33. The minimum Gasteiger partial charge on any atom is -0.282 e. The molecule has 0 amide bonds. The summed E-state index contributed by atoms with van der Waals surface area (Å²) >= 11 is 0. The fourth-order valence-electron chi connectivity index (χ4n) is 4.52. The van der Waals surface area contributed by atoms with Crippen LogP contribution in [-0.4, -0.2) is 37.5 Å². The second-order valence-corrected chi connectivity index (χ2v) is 24.3. The Balaban J connectivity index is 2.25. The summed E-state index contributed by atoms with van der Waals surface area (Å²) in [6, 6.07) is 17.7. The first-order valence-electron chi connectivity index (χ1n) is 11.5. The molecule has 0 atom stereocenters. The molecule has 0 aliphatic rings. The Morgan fingerprint density at radius 2 is 1.00 bits per heavy atom. The molecule has 0 heterocycles. The van der Waals surface area contributed by atoms with Gasteiger partial charge in [-0.3, -0.25) is 4.55 Å². The Labute approximate surface area is 215 Å². The van der Waals surface area contributed by atoms with Gasteiger partial charge in [-0.2, -0.15) is 8.42 Å². The number of hydrogen-bond donors (Lipinski definition) is 2. The van der Waals surface area contributed by atoms with E-state index in [2.05, 4.69) is 39.3 Å². The van der Waals surface area contributed by atoms with E-state index in [4.69, 9.17) is 5.14 Å². The van der Waals surface area contributed by atoms with E-state index in [1.807, 2.05) is 36.4 Å². The third kappa shape index (κ3) is 4.93. The maximum atomic E-state index is 12.8. The molecule has 4 aromatic rings. The van der Waals surface area contributed by atoms with Gasteiger partial charge in [0.1, 0.15) is 4.90 Å². The van der Waals surface area contributed by atoms with E-state index in [0.29, 0.717) is 10.8 Å². The molecule has 6 nitrogen and oxygen atoms in total. The van der Waals surface area contributed by atoms with Gasteiger partial charge >= 0.3 is 0 Å². The fraction of sp³-hybridized carbons (Fsp3) is 0.231. The van der Waals surface area contributed by atoms with Crippen LogP contribution >= 0.6 is 0 Å². The molecule has 4 aromatic carbocycles. The standard InChI is InChI=1S/C26H31NO5S2Si2/c1-35(2,3)19-9-11-21-17(15-19)7-13-23(33(27,28)29)25(21)26-22-12-10-20(36(4,5)6)16-18(22)8-14-24(26)34(30,31)32/h7-16H,1-6H3,(H2,27,28,29)(H,30,31,32). The monoisotopic (exact) mass is 557 g/mol. The van der Waals surface area contributed by atoms with E-state index >= 15 is 0 Å². The highest BCUT2D eigenvalue weighted by molar-refractivity contribution is 7.89. The zero-order chi connectivity index (χ0) is 26.8. The van der Waals surface area contributed by atoms with Crippen LogP contribution in [0.2, 0.25) is 39.3 Å². The van der Waals surface area contributed by atoms with Crippen LogP contribution in [0.15, 0.2) is 70.5 Å². The average Bonchev–Trinajstić information content (AvgIpc) is 2.74. The number of benzene rings is 4. The van der Waals surface area contributed by atoms with Crippen molar-refractivity contribution in [3.8, 4) is 11.1 Å². The van der Waals surface area contributed by atoms with Crippen molar-refractivity contribution in [2.45, 2.75) is 49.1 Å². The lowest BCUT2D eigenvalue weighted by Gasteiger charge is -2.21. The van der Waals surface area contributed by atoms with Crippen LogP contribution in [0.25, 0.3) is 32.7 Å². The predicted molar refractivity (Wildman–Crippen MR) is 154 cm³/mol. The van der Waals surface area contributed by atoms with E-state index < -0.39 is 36.3 Å². The Morgan fingerprint density at radius 1 is 0.611 bits per heavy atom. The minimum atomic E-state index is -4.69. The number of sulfonamides is 1. The third-order valence-corrected chi connectivity index (χ3v) is 12.5.